The van der Waals surface area contributed by atoms with E-state index in [1.54, 1.807) is 12.1 Å². The number of ether oxygens (including phenoxy) is 1. The van der Waals surface area contributed by atoms with Crippen LogP contribution in [0, 0.1) is 0 Å². The van der Waals surface area contributed by atoms with Gasteiger partial charge in [-0.3, -0.25) is 0 Å². The van der Waals surface area contributed by atoms with Gasteiger partial charge in [0.1, 0.15) is 5.75 Å². The molecule has 0 saturated carbocycles. The highest BCUT2D eigenvalue weighted by molar-refractivity contribution is 7.20. The fourth-order valence-electron chi connectivity index (χ4n) is 3.01. The molecule has 4 nitrogen and oxygen atoms in total. The van der Waals surface area contributed by atoms with Gasteiger partial charge in [0, 0.05) is 12.7 Å². The Morgan fingerprint density at radius 1 is 1.00 bits per heavy atom. The van der Waals surface area contributed by atoms with Gasteiger partial charge in [0.2, 0.25) is 0 Å². The molecule has 11 heteroatoms. The molecule has 1 aromatic heterocycles. The van der Waals surface area contributed by atoms with Crippen LogP contribution in [-0.4, -0.2) is 39.4 Å². The summed E-state index contributed by atoms with van der Waals surface area (Å²) in [4.78, 5) is 4.00. The normalized spacial score (nSPS) is 22.4. The van der Waals surface area contributed by atoms with E-state index < -0.39 is 30.2 Å². The molecule has 2 aromatic carbocycles. The lowest BCUT2D eigenvalue weighted by atomic mass is 10.0. The smallest absolute Gasteiger partial charge is 0.394 e. The van der Waals surface area contributed by atoms with Crippen LogP contribution in [0.1, 0.15) is 5.56 Å². The van der Waals surface area contributed by atoms with E-state index in [4.69, 9.17) is 9.84 Å². The van der Waals surface area contributed by atoms with Gasteiger partial charge in [0.15, 0.2) is 5.83 Å². The van der Waals surface area contributed by atoms with Gasteiger partial charge >= 0.3 is 17.8 Å². The van der Waals surface area contributed by atoms with Gasteiger partial charge < -0.3 is 14.7 Å². The molecule has 3 aromatic rings. The number of alkyl halides is 5. The topological polar surface area (TPSA) is 45.6 Å². The maximum atomic E-state index is 14.0. The number of halogens is 6. The molecule has 1 aliphatic rings. The first-order valence-corrected chi connectivity index (χ1v) is 9.78. The third kappa shape index (κ3) is 3.61. The molecular weight excluding hydrogens is 446 g/mol. The molecule has 1 aliphatic heterocycles. The molecule has 0 spiro atoms. The van der Waals surface area contributed by atoms with Crippen LogP contribution in [0.2, 0.25) is 0 Å². The van der Waals surface area contributed by atoms with Crippen LogP contribution < -0.4 is 4.74 Å². The Kier molecular flexibility index (Phi) is 5.13. The molecular formula is C20H14F6N2O2S. The average Bonchev–Trinajstić information content (AvgIpc) is 3.13. The summed E-state index contributed by atoms with van der Waals surface area (Å²) < 4.78 is 88.6. The number of benzene rings is 2. The third-order valence-corrected chi connectivity index (χ3v) is 5.70. The summed E-state index contributed by atoms with van der Waals surface area (Å²) in [6.07, 6.45) is -0.316. The number of rotatable bonds is 5. The van der Waals surface area contributed by atoms with Gasteiger partial charge in [-0.15, -0.1) is 0 Å². The Labute approximate surface area is 176 Å². The first kappa shape index (κ1) is 21.4. The number of aromatic nitrogens is 1. The Bertz CT molecular complexity index is 1100. The van der Waals surface area contributed by atoms with Gasteiger partial charge in [-0.05, 0) is 36.2 Å². The Balaban J connectivity index is 1.44. The monoisotopic (exact) mass is 460 g/mol. The zero-order valence-electron chi connectivity index (χ0n) is 15.5. The lowest BCUT2D eigenvalue weighted by molar-refractivity contribution is -0.369. The SMILES string of the molecule is OC1(F)C(F)=CN(CCc2ccc(Oc3nc4ccccc4s3)cc2)C(F)(F)C1(F)F. The van der Waals surface area contributed by atoms with E-state index in [0.717, 1.165) is 10.2 Å². The van der Waals surface area contributed by atoms with Crippen LogP contribution in [0.5, 0.6) is 10.9 Å². The summed E-state index contributed by atoms with van der Waals surface area (Å²) >= 11 is 1.34. The molecule has 0 fully saturated rings. The number of hydrogen-bond donors (Lipinski definition) is 1. The van der Waals surface area contributed by atoms with E-state index in [2.05, 4.69) is 4.98 Å². The van der Waals surface area contributed by atoms with Crippen LogP contribution >= 0.6 is 11.3 Å². The van der Waals surface area contributed by atoms with Crippen LogP contribution in [0.3, 0.4) is 0 Å². The van der Waals surface area contributed by atoms with Crippen molar-refractivity contribution in [3.8, 4) is 10.9 Å². The van der Waals surface area contributed by atoms with Gasteiger partial charge in [-0.25, -0.2) is 9.37 Å². The van der Waals surface area contributed by atoms with E-state index in [-0.39, 0.29) is 17.5 Å². The van der Waals surface area contributed by atoms with Crippen molar-refractivity contribution in [1.29, 1.82) is 0 Å². The molecule has 0 radical (unpaired) electrons. The van der Waals surface area contributed by atoms with Crippen molar-refractivity contribution in [3.63, 3.8) is 0 Å². The molecule has 0 saturated heterocycles. The Hall–Kier alpha value is -2.79. The number of thiazole rings is 1. The van der Waals surface area contributed by atoms with E-state index in [1.165, 1.54) is 23.5 Å². The summed E-state index contributed by atoms with van der Waals surface area (Å²) in [6, 6.07) is 8.45. The summed E-state index contributed by atoms with van der Waals surface area (Å²) in [5.41, 5.74) is 1.24. The Morgan fingerprint density at radius 3 is 2.35 bits per heavy atom. The molecule has 164 valence electrons. The zero-order chi connectivity index (χ0) is 22.4. The van der Waals surface area contributed by atoms with Gasteiger partial charge in [-0.1, -0.05) is 35.6 Å². The molecule has 31 heavy (non-hydrogen) atoms. The largest absolute Gasteiger partial charge is 0.431 e. The van der Waals surface area contributed by atoms with Crippen LogP contribution in [0.25, 0.3) is 10.2 Å². The van der Waals surface area contributed by atoms with Crippen molar-refractivity contribution in [3.05, 3.63) is 66.1 Å². The van der Waals surface area contributed by atoms with Crippen molar-refractivity contribution in [2.75, 3.05) is 6.54 Å². The Morgan fingerprint density at radius 2 is 1.68 bits per heavy atom. The number of hydrogen-bond acceptors (Lipinski definition) is 5. The van der Waals surface area contributed by atoms with Crippen LogP contribution in [-0.2, 0) is 6.42 Å². The standard InChI is InChI=1S/C20H14F6N2O2S/c21-16-11-28(20(25,26)19(23,24)18(16,22)29)10-9-12-5-7-13(8-6-12)30-17-27-14-3-1-2-4-15(14)31-17/h1-8,11,29H,9-10H2. The second-order valence-electron chi connectivity index (χ2n) is 6.85. The molecule has 0 amide bonds. The number of aliphatic hydroxyl groups is 1. The van der Waals surface area contributed by atoms with E-state index in [1.807, 2.05) is 24.3 Å². The second kappa shape index (κ2) is 7.41. The van der Waals surface area contributed by atoms with Crippen molar-refractivity contribution in [2.24, 2.45) is 0 Å². The molecule has 0 bridgehead atoms. The van der Waals surface area contributed by atoms with Gasteiger partial charge in [-0.2, -0.15) is 22.0 Å². The number of fused-ring (bicyclic) bond motifs is 1. The molecule has 0 aliphatic carbocycles. The highest BCUT2D eigenvalue weighted by atomic mass is 32.1. The molecule has 4 rings (SSSR count). The molecule has 1 N–H and O–H groups in total. The van der Waals surface area contributed by atoms with E-state index >= 15 is 0 Å². The summed E-state index contributed by atoms with van der Waals surface area (Å²) in [5.74, 6) is -12.7. The predicted octanol–water partition coefficient (Wildman–Crippen LogP) is 5.64. The number of para-hydroxylation sites is 1. The van der Waals surface area contributed by atoms with Crippen molar-refractivity contribution in [2.45, 2.75) is 24.2 Å². The van der Waals surface area contributed by atoms with Crippen molar-refractivity contribution < 1.29 is 36.2 Å². The maximum absolute atomic E-state index is 14.0. The predicted molar refractivity (Wildman–Crippen MR) is 102 cm³/mol. The highest BCUT2D eigenvalue weighted by Crippen LogP contribution is 2.52. The lowest BCUT2D eigenvalue weighted by Gasteiger charge is -2.42. The minimum atomic E-state index is -5.66. The minimum Gasteiger partial charge on any atom is -0.431 e. The first-order valence-electron chi connectivity index (χ1n) is 8.96. The summed E-state index contributed by atoms with van der Waals surface area (Å²) in [6.45, 7) is -0.746. The average molecular weight is 460 g/mol. The fourth-order valence-corrected chi connectivity index (χ4v) is 3.84. The molecule has 2 heterocycles. The summed E-state index contributed by atoms with van der Waals surface area (Å²) in [5, 5.41) is 9.23. The quantitative estimate of drug-likeness (QED) is 0.395. The van der Waals surface area contributed by atoms with Crippen molar-refractivity contribution in [1.82, 2.24) is 9.88 Å². The van der Waals surface area contributed by atoms with Gasteiger partial charge in [0.05, 0.1) is 10.2 Å². The highest BCUT2D eigenvalue weighted by Gasteiger charge is 2.76. The van der Waals surface area contributed by atoms with Crippen molar-refractivity contribution >= 4 is 21.6 Å². The lowest BCUT2D eigenvalue weighted by Crippen LogP contribution is -2.66. The van der Waals surface area contributed by atoms with Crippen LogP contribution in [0.15, 0.2) is 60.6 Å². The first-order chi connectivity index (χ1) is 14.5. The fraction of sp³-hybridized carbons (Fsp3) is 0.250. The summed E-state index contributed by atoms with van der Waals surface area (Å²) in [7, 11) is 0. The van der Waals surface area contributed by atoms with Gasteiger partial charge in [0.25, 0.3) is 5.19 Å². The van der Waals surface area contributed by atoms with E-state index in [9.17, 15) is 26.3 Å². The molecule has 1 unspecified atom stereocenters. The van der Waals surface area contributed by atoms with Crippen LogP contribution in [0.4, 0.5) is 26.3 Å². The molecule has 1 atom stereocenters. The number of nitrogens with zero attached hydrogens (tertiary/aromatic N) is 2. The zero-order valence-corrected chi connectivity index (χ0v) is 16.4. The second-order valence-corrected chi connectivity index (χ2v) is 7.84. The third-order valence-electron chi connectivity index (χ3n) is 4.78. The maximum Gasteiger partial charge on any atom is 0.394 e. The minimum absolute atomic E-state index is 0.137. The van der Waals surface area contributed by atoms with E-state index in [0.29, 0.717) is 16.5 Å².